The summed E-state index contributed by atoms with van der Waals surface area (Å²) in [4.78, 5) is 14.3. The molecule has 0 N–H and O–H groups in total. The second kappa shape index (κ2) is 9.53. The largest absolute Gasteiger partial charge is 0.306 e. The third kappa shape index (κ3) is 5.21. The highest BCUT2D eigenvalue weighted by Crippen LogP contribution is 2.34. The van der Waals surface area contributed by atoms with E-state index in [1.165, 1.54) is 17.0 Å². The molecule has 1 aromatic rings. The van der Waals surface area contributed by atoms with Crippen molar-refractivity contribution in [2.45, 2.75) is 35.8 Å². The van der Waals surface area contributed by atoms with Crippen LogP contribution in [0.4, 0.5) is 11.4 Å². The first-order chi connectivity index (χ1) is 12.8. The van der Waals surface area contributed by atoms with E-state index in [1.807, 2.05) is 7.05 Å². The van der Waals surface area contributed by atoms with E-state index in [2.05, 4.69) is 26.9 Å². The zero-order valence-electron chi connectivity index (χ0n) is 15.3. The smallest absolute Gasteiger partial charge is 0.270 e. The maximum Gasteiger partial charge on any atom is 0.270 e. The van der Waals surface area contributed by atoms with Crippen LogP contribution in [0.5, 0.6) is 0 Å². The summed E-state index contributed by atoms with van der Waals surface area (Å²) in [5.74, 6) is 0. The summed E-state index contributed by atoms with van der Waals surface area (Å²) in [6, 6.07) is 6.35. The Morgan fingerprint density at radius 1 is 1.37 bits per heavy atom. The molecule has 0 aliphatic carbocycles. The second-order valence-corrected chi connectivity index (χ2v) is 9.62. The Morgan fingerprint density at radius 3 is 2.52 bits per heavy atom. The average Bonchev–Trinajstić information content (AvgIpc) is 2.62. The summed E-state index contributed by atoms with van der Waals surface area (Å²) in [5.41, 5.74) is 0.0699. The van der Waals surface area contributed by atoms with E-state index in [0.717, 1.165) is 32.0 Å². The number of nitro groups is 1. The molecule has 0 aromatic heterocycles. The van der Waals surface area contributed by atoms with Gasteiger partial charge in [-0.2, -0.15) is 0 Å². The quantitative estimate of drug-likeness (QED) is 0.214. The Hall–Kier alpha value is -1.63. The lowest BCUT2D eigenvalue weighted by Gasteiger charge is -2.26. The van der Waals surface area contributed by atoms with Gasteiger partial charge in [-0.3, -0.25) is 15.0 Å². The first-order valence-electron chi connectivity index (χ1n) is 8.82. The summed E-state index contributed by atoms with van der Waals surface area (Å²) in [6.45, 7) is 2.08. The molecule has 1 aliphatic heterocycles. The van der Waals surface area contributed by atoms with Gasteiger partial charge in [0.05, 0.1) is 20.8 Å². The number of nitrogens with zero attached hydrogens (tertiary/aromatic N) is 3. The number of hydrogen-bond donors (Lipinski definition) is 0. The zero-order valence-corrected chi connectivity index (χ0v) is 17.7. The van der Waals surface area contributed by atoms with Crippen LogP contribution >= 0.6 is 15.9 Å². The standard InChI is InChI=1S/C18H24BrN3O4S/c1-3-21(13-10-19)17-9-8-15(22(23)24)14-18(17)27(25,26)16-6-4-11-20(2)12-5-7-16/h1,8-9,14,16H,4-7,10-13H2,2H3. The minimum atomic E-state index is -3.75. The Kier molecular flexibility index (Phi) is 7.65. The highest BCUT2D eigenvalue weighted by Gasteiger charge is 2.32. The van der Waals surface area contributed by atoms with E-state index in [4.69, 9.17) is 6.42 Å². The molecule has 9 heteroatoms. The van der Waals surface area contributed by atoms with E-state index in [9.17, 15) is 18.5 Å². The van der Waals surface area contributed by atoms with Gasteiger partial charge >= 0.3 is 0 Å². The maximum absolute atomic E-state index is 13.4. The molecule has 0 atom stereocenters. The number of sulfone groups is 1. The first-order valence-corrected chi connectivity index (χ1v) is 11.5. The topological polar surface area (TPSA) is 83.8 Å². The molecular formula is C18H24BrN3O4S. The summed E-state index contributed by atoms with van der Waals surface area (Å²) in [7, 11) is -1.73. The maximum atomic E-state index is 13.4. The van der Waals surface area contributed by atoms with Crippen LogP contribution in [-0.2, 0) is 9.84 Å². The van der Waals surface area contributed by atoms with Gasteiger partial charge in [-0.05, 0) is 51.9 Å². The third-order valence-electron chi connectivity index (χ3n) is 4.79. The Morgan fingerprint density at radius 2 is 2.00 bits per heavy atom. The lowest BCUT2D eigenvalue weighted by atomic mass is 10.1. The van der Waals surface area contributed by atoms with Crippen molar-refractivity contribution in [3.8, 4) is 12.5 Å². The average molecular weight is 458 g/mol. The molecule has 1 aliphatic rings. The predicted octanol–water partition coefficient (Wildman–Crippen LogP) is 3.03. The number of nitro benzene ring substituents is 1. The molecule has 0 bridgehead atoms. The van der Waals surface area contributed by atoms with Gasteiger partial charge in [0.25, 0.3) is 5.69 Å². The van der Waals surface area contributed by atoms with Crippen LogP contribution < -0.4 is 4.90 Å². The minimum Gasteiger partial charge on any atom is -0.306 e. The summed E-state index contributed by atoms with van der Waals surface area (Å²) in [6.07, 6.45) is 8.16. The number of alkyl halides is 1. The highest BCUT2D eigenvalue weighted by atomic mass is 79.9. The Bertz CT molecular complexity index is 812. The molecule has 0 saturated carbocycles. The van der Waals surface area contributed by atoms with Crippen molar-refractivity contribution in [1.29, 1.82) is 0 Å². The predicted molar refractivity (Wildman–Crippen MR) is 110 cm³/mol. The fourth-order valence-electron chi connectivity index (χ4n) is 3.33. The number of benzene rings is 1. The first kappa shape index (κ1) is 21.7. The van der Waals surface area contributed by atoms with E-state index < -0.39 is 20.0 Å². The van der Waals surface area contributed by atoms with Gasteiger partial charge in [-0.15, -0.1) is 0 Å². The summed E-state index contributed by atoms with van der Waals surface area (Å²) < 4.78 is 26.8. The number of non-ortho nitro benzene ring substituents is 1. The van der Waals surface area contributed by atoms with E-state index >= 15 is 0 Å². The molecule has 2 rings (SSSR count). The minimum absolute atomic E-state index is 0.0467. The van der Waals surface area contributed by atoms with Crippen LogP contribution in [0.1, 0.15) is 25.7 Å². The van der Waals surface area contributed by atoms with Crippen molar-refractivity contribution in [1.82, 2.24) is 4.90 Å². The van der Waals surface area contributed by atoms with Crippen LogP contribution in [0.2, 0.25) is 0 Å². The molecule has 1 aromatic carbocycles. The molecule has 7 nitrogen and oxygen atoms in total. The SMILES string of the molecule is C#CN(CCBr)c1ccc([N+](=O)[O-])cc1S(=O)(=O)C1CCCN(C)CCC1. The number of likely N-dealkylation sites (tertiary alicyclic amines) is 1. The van der Waals surface area contributed by atoms with Gasteiger partial charge in [0.2, 0.25) is 0 Å². The normalized spacial score (nSPS) is 16.9. The Labute approximate surface area is 168 Å². The van der Waals surface area contributed by atoms with Crippen molar-refractivity contribution in [3.63, 3.8) is 0 Å². The van der Waals surface area contributed by atoms with Crippen molar-refractivity contribution in [2.24, 2.45) is 0 Å². The molecule has 27 heavy (non-hydrogen) atoms. The van der Waals surface area contributed by atoms with Gasteiger partial charge < -0.3 is 4.90 Å². The van der Waals surface area contributed by atoms with Gasteiger partial charge in [0.15, 0.2) is 9.84 Å². The number of anilines is 1. The van der Waals surface area contributed by atoms with Crippen molar-refractivity contribution in [2.75, 3.05) is 36.9 Å². The van der Waals surface area contributed by atoms with Gasteiger partial charge in [-0.1, -0.05) is 22.4 Å². The van der Waals surface area contributed by atoms with Crippen molar-refractivity contribution < 1.29 is 13.3 Å². The van der Waals surface area contributed by atoms with Crippen molar-refractivity contribution >= 4 is 37.1 Å². The molecule has 1 saturated heterocycles. The highest BCUT2D eigenvalue weighted by molar-refractivity contribution is 9.09. The summed E-state index contributed by atoms with van der Waals surface area (Å²) in [5, 5.41) is 11.2. The zero-order chi connectivity index (χ0) is 20.0. The molecule has 0 unspecified atom stereocenters. The molecular weight excluding hydrogens is 434 g/mol. The van der Waals surface area contributed by atoms with Gasteiger partial charge in [-0.25, -0.2) is 8.42 Å². The van der Waals surface area contributed by atoms with Crippen LogP contribution in [-0.4, -0.2) is 55.5 Å². The fourth-order valence-corrected chi connectivity index (χ4v) is 5.75. The third-order valence-corrected chi connectivity index (χ3v) is 7.43. The van der Waals surface area contributed by atoms with Crippen molar-refractivity contribution in [3.05, 3.63) is 28.3 Å². The lowest BCUT2D eigenvalue weighted by molar-refractivity contribution is -0.385. The fraction of sp³-hybridized carbons (Fsp3) is 0.556. The van der Waals surface area contributed by atoms with Crippen LogP contribution in [0.25, 0.3) is 0 Å². The van der Waals surface area contributed by atoms with E-state index in [0.29, 0.717) is 30.4 Å². The van der Waals surface area contributed by atoms with Crippen LogP contribution in [0.3, 0.4) is 0 Å². The number of hydrogen-bond acceptors (Lipinski definition) is 6. The van der Waals surface area contributed by atoms with E-state index in [-0.39, 0.29) is 10.6 Å². The Balaban J connectivity index is 2.50. The van der Waals surface area contributed by atoms with Crippen LogP contribution in [0.15, 0.2) is 23.1 Å². The van der Waals surface area contributed by atoms with Crippen LogP contribution in [0, 0.1) is 22.6 Å². The number of halogens is 1. The number of rotatable bonds is 6. The molecule has 0 spiro atoms. The molecule has 1 heterocycles. The molecule has 1 fully saturated rings. The van der Waals surface area contributed by atoms with E-state index in [1.54, 1.807) is 0 Å². The van der Waals surface area contributed by atoms with Gasteiger partial charge in [0, 0.05) is 30.1 Å². The monoisotopic (exact) mass is 457 g/mol. The summed E-state index contributed by atoms with van der Waals surface area (Å²) >= 11 is 3.30. The molecule has 0 amide bonds. The molecule has 148 valence electrons. The number of terminal acetylenes is 1. The molecule has 0 radical (unpaired) electrons. The van der Waals surface area contributed by atoms with Gasteiger partial charge in [0.1, 0.15) is 0 Å². The lowest BCUT2D eigenvalue weighted by Crippen LogP contribution is -2.31. The second-order valence-electron chi connectivity index (χ2n) is 6.63.